The second-order valence-electron chi connectivity index (χ2n) is 6.58. The summed E-state index contributed by atoms with van der Waals surface area (Å²) in [4.78, 5) is 32.4. The van der Waals surface area contributed by atoms with E-state index in [1.165, 1.54) is 16.7 Å². The summed E-state index contributed by atoms with van der Waals surface area (Å²) in [6.45, 7) is 0. The number of imide groups is 1. The number of halogens is 1. The van der Waals surface area contributed by atoms with Gasteiger partial charge in [-0.25, -0.2) is 9.69 Å². The van der Waals surface area contributed by atoms with Crippen LogP contribution in [0.2, 0.25) is 5.02 Å². The Morgan fingerprint density at radius 2 is 1.82 bits per heavy atom. The number of nitrogens with zero attached hydrogens (tertiary/aromatic N) is 2. The van der Waals surface area contributed by atoms with Crippen LogP contribution in [0, 0.1) is 0 Å². The first-order chi connectivity index (χ1) is 13.6. The molecule has 3 amide bonds. The number of amides is 3. The van der Waals surface area contributed by atoms with E-state index in [1.807, 2.05) is 54.6 Å². The summed E-state index contributed by atoms with van der Waals surface area (Å²) >= 11 is 7.74. The fraction of sp³-hybridized carbons (Fsp3) is 0.0952. The molecule has 138 valence electrons. The molecular weight excluding hydrogens is 394 g/mol. The number of pyridine rings is 1. The second kappa shape index (κ2) is 6.65. The van der Waals surface area contributed by atoms with E-state index in [0.717, 1.165) is 21.2 Å². The van der Waals surface area contributed by atoms with Gasteiger partial charge in [0.2, 0.25) is 0 Å². The molecule has 0 aliphatic carbocycles. The van der Waals surface area contributed by atoms with E-state index in [4.69, 9.17) is 11.6 Å². The van der Waals surface area contributed by atoms with Crippen LogP contribution >= 0.6 is 23.4 Å². The van der Waals surface area contributed by atoms with Crippen LogP contribution in [-0.4, -0.2) is 28.2 Å². The van der Waals surface area contributed by atoms with Gasteiger partial charge >= 0.3 is 6.03 Å². The molecule has 1 saturated heterocycles. The Labute approximate surface area is 170 Å². The van der Waals surface area contributed by atoms with Crippen LogP contribution in [0.1, 0.15) is 5.56 Å². The van der Waals surface area contributed by atoms with Crippen LogP contribution in [0.4, 0.5) is 10.5 Å². The average molecular weight is 408 g/mol. The Morgan fingerprint density at radius 1 is 1.04 bits per heavy atom. The molecule has 7 heteroatoms. The van der Waals surface area contributed by atoms with Gasteiger partial charge in [0.1, 0.15) is 5.25 Å². The number of carbonyl (C=O) groups excluding carboxylic acids is 2. The minimum Gasteiger partial charge on any atom is -0.329 e. The predicted molar refractivity (Wildman–Crippen MR) is 112 cm³/mol. The van der Waals surface area contributed by atoms with E-state index in [9.17, 15) is 9.59 Å². The Balaban J connectivity index is 1.52. The molecule has 2 aliphatic rings. The van der Waals surface area contributed by atoms with Gasteiger partial charge < -0.3 is 5.32 Å². The van der Waals surface area contributed by atoms with Crippen molar-refractivity contribution in [1.82, 2.24) is 10.3 Å². The highest BCUT2D eigenvalue weighted by molar-refractivity contribution is 8.09. The van der Waals surface area contributed by atoms with Gasteiger partial charge in [0, 0.05) is 32.5 Å². The van der Waals surface area contributed by atoms with Crippen LogP contribution < -0.4 is 10.2 Å². The van der Waals surface area contributed by atoms with Gasteiger partial charge in [0.25, 0.3) is 5.91 Å². The monoisotopic (exact) mass is 407 g/mol. The molecule has 28 heavy (non-hydrogen) atoms. The zero-order valence-electron chi connectivity index (χ0n) is 14.5. The third-order valence-corrected chi connectivity index (χ3v) is 6.58. The van der Waals surface area contributed by atoms with Gasteiger partial charge in [-0.2, -0.15) is 0 Å². The molecule has 2 aromatic carbocycles. The minimum atomic E-state index is -0.443. The molecule has 1 N–H and O–H groups in total. The van der Waals surface area contributed by atoms with Crippen molar-refractivity contribution in [1.29, 1.82) is 0 Å². The average Bonchev–Trinajstić information content (AvgIpc) is 3.12. The van der Waals surface area contributed by atoms with Gasteiger partial charge in [0.15, 0.2) is 0 Å². The molecule has 3 heterocycles. The van der Waals surface area contributed by atoms with Crippen LogP contribution in [0.25, 0.3) is 15.7 Å². The maximum atomic E-state index is 13.3. The molecule has 3 aromatic rings. The maximum absolute atomic E-state index is 13.3. The Bertz CT molecular complexity index is 1160. The van der Waals surface area contributed by atoms with Crippen LogP contribution in [0.5, 0.6) is 0 Å². The molecule has 0 spiro atoms. The van der Waals surface area contributed by atoms with Gasteiger partial charge in [-0.3, -0.25) is 9.78 Å². The maximum Gasteiger partial charge on any atom is 0.329 e. The topological polar surface area (TPSA) is 62.3 Å². The normalized spacial score (nSPS) is 21.5. The number of benzene rings is 2. The highest BCUT2D eigenvalue weighted by Crippen LogP contribution is 2.44. The quantitative estimate of drug-likeness (QED) is 0.680. The van der Waals surface area contributed by atoms with Gasteiger partial charge in [-0.15, -0.1) is 11.8 Å². The number of urea groups is 1. The zero-order valence-corrected chi connectivity index (χ0v) is 16.1. The molecule has 2 atom stereocenters. The minimum absolute atomic E-state index is 0.254. The van der Waals surface area contributed by atoms with E-state index in [-0.39, 0.29) is 11.9 Å². The van der Waals surface area contributed by atoms with E-state index in [2.05, 4.69) is 10.3 Å². The van der Waals surface area contributed by atoms with Crippen LogP contribution in [0.3, 0.4) is 0 Å². The van der Waals surface area contributed by atoms with E-state index in [0.29, 0.717) is 10.7 Å². The number of thioether (sulfide) groups is 1. The second-order valence-corrected chi connectivity index (χ2v) is 8.17. The first-order valence-electron chi connectivity index (χ1n) is 8.74. The smallest absolute Gasteiger partial charge is 0.329 e. The Morgan fingerprint density at radius 3 is 2.68 bits per heavy atom. The molecule has 2 unspecified atom stereocenters. The molecule has 1 aromatic heterocycles. The molecule has 0 bridgehead atoms. The lowest BCUT2D eigenvalue weighted by atomic mass is 10.1. The van der Waals surface area contributed by atoms with Crippen molar-refractivity contribution in [3.8, 4) is 0 Å². The van der Waals surface area contributed by atoms with Crippen LogP contribution in [0.15, 0.2) is 67.0 Å². The summed E-state index contributed by atoms with van der Waals surface area (Å²) < 4.78 is 0. The third-order valence-electron chi connectivity index (χ3n) is 4.90. The summed E-state index contributed by atoms with van der Waals surface area (Å²) in [6.07, 6.45) is 5.18. The molecule has 5 nitrogen and oxygen atoms in total. The Kier molecular flexibility index (Phi) is 4.10. The molecule has 1 fully saturated rings. The van der Waals surface area contributed by atoms with E-state index in [1.54, 1.807) is 12.4 Å². The van der Waals surface area contributed by atoms with Gasteiger partial charge in [-0.05, 0) is 12.1 Å². The first-order valence-corrected chi connectivity index (χ1v) is 10.00. The van der Waals surface area contributed by atoms with E-state index >= 15 is 0 Å². The summed E-state index contributed by atoms with van der Waals surface area (Å²) in [5.74, 6) is -0.254. The highest BCUT2D eigenvalue weighted by Gasteiger charge is 2.45. The van der Waals surface area contributed by atoms with Crippen molar-refractivity contribution in [2.24, 2.45) is 0 Å². The summed E-state index contributed by atoms with van der Waals surface area (Å²) in [5.41, 5.74) is 1.36. The number of hydrogen-bond donors (Lipinski definition) is 1. The molecular formula is C21H14ClN3O2S. The molecule has 2 aliphatic heterocycles. The zero-order chi connectivity index (χ0) is 19.3. The van der Waals surface area contributed by atoms with Crippen molar-refractivity contribution in [3.05, 3.63) is 77.6 Å². The number of anilines is 1. The number of carbonyl (C=O) groups is 2. The lowest BCUT2D eigenvalue weighted by molar-refractivity contribution is -0.118. The predicted octanol–water partition coefficient (Wildman–Crippen LogP) is 4.47. The Hall–Kier alpha value is -2.83. The van der Waals surface area contributed by atoms with Gasteiger partial charge in [0.05, 0.1) is 17.9 Å². The van der Waals surface area contributed by atoms with Crippen molar-refractivity contribution >= 4 is 56.7 Å². The number of aromatic nitrogens is 1. The summed E-state index contributed by atoms with van der Waals surface area (Å²) in [7, 11) is 0. The fourth-order valence-electron chi connectivity index (χ4n) is 3.58. The summed E-state index contributed by atoms with van der Waals surface area (Å²) in [5, 5.41) is 4.80. The standard InChI is InChI=1S/C21H14ClN3O2S/c22-15-8-4-3-7-14(15)18-9-16-19(28-18)20(26)25(21(27)24-16)17-11-23-10-12-5-1-2-6-13(12)17/h1-11,16,19H,(H,24,27). The third kappa shape index (κ3) is 2.68. The molecule has 5 rings (SSSR count). The van der Waals surface area contributed by atoms with Crippen molar-refractivity contribution in [2.75, 3.05) is 4.90 Å². The van der Waals surface area contributed by atoms with Crippen molar-refractivity contribution in [3.63, 3.8) is 0 Å². The van der Waals surface area contributed by atoms with E-state index < -0.39 is 11.3 Å². The first kappa shape index (κ1) is 17.3. The number of rotatable bonds is 2. The lowest BCUT2D eigenvalue weighted by Gasteiger charge is -2.33. The number of hydrogen-bond acceptors (Lipinski definition) is 4. The number of nitrogens with one attached hydrogen (secondary N) is 1. The van der Waals surface area contributed by atoms with Crippen molar-refractivity contribution < 1.29 is 9.59 Å². The summed E-state index contributed by atoms with van der Waals surface area (Å²) in [6, 6.07) is 14.2. The van der Waals surface area contributed by atoms with Crippen molar-refractivity contribution in [2.45, 2.75) is 11.3 Å². The van der Waals surface area contributed by atoms with Gasteiger partial charge in [-0.1, -0.05) is 54.1 Å². The SMILES string of the molecule is O=C1NC2C=C(c3ccccc3Cl)SC2C(=O)N1c1cncc2ccccc12. The lowest BCUT2D eigenvalue weighted by Crippen LogP contribution is -2.60. The van der Waals surface area contributed by atoms with Crippen LogP contribution in [-0.2, 0) is 4.79 Å². The molecule has 0 saturated carbocycles. The largest absolute Gasteiger partial charge is 0.329 e. The fourth-order valence-corrected chi connectivity index (χ4v) is 5.17. The molecule has 0 radical (unpaired) electrons. The number of fused-ring (bicyclic) bond motifs is 2. The highest BCUT2D eigenvalue weighted by atomic mass is 35.5.